The summed E-state index contributed by atoms with van der Waals surface area (Å²) < 4.78 is 0. The highest BCUT2D eigenvalue weighted by atomic mass is 35.5. The number of fused-ring (bicyclic) bond motifs is 2. The van der Waals surface area contributed by atoms with Gasteiger partial charge in [-0.3, -0.25) is 4.79 Å². The van der Waals surface area contributed by atoms with Gasteiger partial charge in [0, 0.05) is 36.8 Å². The summed E-state index contributed by atoms with van der Waals surface area (Å²) in [6.07, 6.45) is 1.27. The summed E-state index contributed by atoms with van der Waals surface area (Å²) in [5.41, 5.74) is 2.19. The van der Waals surface area contributed by atoms with Gasteiger partial charge in [-0.25, -0.2) is 0 Å². The number of likely N-dealkylation sites (tertiary alicyclic amines) is 1. The Bertz CT molecular complexity index is 1040. The summed E-state index contributed by atoms with van der Waals surface area (Å²) >= 11 is 6.11. The zero-order valence-corrected chi connectivity index (χ0v) is 17.1. The lowest BCUT2D eigenvalue weighted by Crippen LogP contribution is -2.34. The molecule has 3 nitrogen and oxygen atoms in total. The molecule has 2 fully saturated rings. The van der Waals surface area contributed by atoms with Gasteiger partial charge in [0.1, 0.15) is 0 Å². The summed E-state index contributed by atoms with van der Waals surface area (Å²) in [5, 5.41) is 6.32. The van der Waals surface area contributed by atoms with Gasteiger partial charge in [-0.2, -0.15) is 0 Å². The van der Waals surface area contributed by atoms with Crippen LogP contribution in [0.4, 0.5) is 0 Å². The minimum atomic E-state index is 0.0157. The molecule has 29 heavy (non-hydrogen) atoms. The molecule has 1 aliphatic heterocycles. The molecule has 2 aliphatic rings. The highest BCUT2D eigenvalue weighted by Gasteiger charge is 2.47. The number of halogens is 1. The van der Waals surface area contributed by atoms with E-state index >= 15 is 0 Å². The number of hydrogen-bond donors (Lipinski definition) is 1. The first kappa shape index (κ1) is 18.7. The Morgan fingerprint density at radius 3 is 2.66 bits per heavy atom. The summed E-state index contributed by atoms with van der Waals surface area (Å²) in [7, 11) is 0. The Morgan fingerprint density at radius 1 is 1.00 bits per heavy atom. The van der Waals surface area contributed by atoms with Crippen LogP contribution in [0.25, 0.3) is 10.8 Å². The molecule has 1 saturated carbocycles. The molecule has 4 heteroatoms. The van der Waals surface area contributed by atoms with Crippen molar-refractivity contribution in [1.82, 2.24) is 10.2 Å². The maximum Gasteiger partial charge on any atom is 0.251 e. The Morgan fingerprint density at radius 2 is 1.79 bits per heavy atom. The van der Waals surface area contributed by atoms with Gasteiger partial charge in [0.05, 0.1) is 0 Å². The molecular weight excluding hydrogens is 380 g/mol. The monoisotopic (exact) mass is 404 g/mol. The molecule has 0 spiro atoms. The van der Waals surface area contributed by atoms with Crippen molar-refractivity contribution in [3.05, 3.63) is 82.9 Å². The molecule has 0 bridgehead atoms. The van der Waals surface area contributed by atoms with Crippen LogP contribution < -0.4 is 5.32 Å². The van der Waals surface area contributed by atoms with Gasteiger partial charge in [0.25, 0.3) is 5.91 Å². The Balaban J connectivity index is 1.16. The van der Waals surface area contributed by atoms with E-state index in [2.05, 4.69) is 34.5 Å². The molecule has 148 valence electrons. The summed E-state index contributed by atoms with van der Waals surface area (Å²) in [6, 6.07) is 22.4. The fraction of sp³-hybridized carbons (Fsp3) is 0.320. The minimum absolute atomic E-state index is 0.0157. The minimum Gasteiger partial charge on any atom is -0.351 e. The van der Waals surface area contributed by atoms with Crippen molar-refractivity contribution >= 4 is 28.3 Å². The molecule has 1 aliphatic carbocycles. The van der Waals surface area contributed by atoms with E-state index < -0.39 is 0 Å². The van der Waals surface area contributed by atoms with Crippen LogP contribution in [-0.4, -0.2) is 37.0 Å². The van der Waals surface area contributed by atoms with E-state index in [1.807, 2.05) is 42.5 Å². The molecule has 3 atom stereocenters. The van der Waals surface area contributed by atoms with E-state index in [1.165, 1.54) is 22.8 Å². The second kappa shape index (κ2) is 7.81. The van der Waals surface area contributed by atoms with Gasteiger partial charge in [-0.05, 0) is 64.8 Å². The number of nitrogens with one attached hydrogen (secondary N) is 1. The number of carbonyl (C=O) groups excluding carboxylic acids is 1. The smallest absolute Gasteiger partial charge is 0.251 e. The van der Waals surface area contributed by atoms with Crippen molar-refractivity contribution in [3.8, 4) is 0 Å². The molecule has 3 aromatic carbocycles. The fourth-order valence-corrected chi connectivity index (χ4v) is 5.23. The number of nitrogens with zero attached hydrogens (tertiary/aromatic N) is 1. The second-order valence-electron chi connectivity index (χ2n) is 8.40. The first-order valence-corrected chi connectivity index (χ1v) is 10.8. The first-order valence-electron chi connectivity index (χ1n) is 10.4. The number of carbonyl (C=O) groups is 1. The van der Waals surface area contributed by atoms with Crippen LogP contribution in [0.15, 0.2) is 66.7 Å². The average Bonchev–Trinajstić information content (AvgIpc) is 3.04. The van der Waals surface area contributed by atoms with E-state index in [1.54, 1.807) is 0 Å². The zero-order chi connectivity index (χ0) is 19.8. The molecule has 3 unspecified atom stereocenters. The normalized spacial score (nSPS) is 23.6. The molecule has 1 amide bonds. The highest BCUT2D eigenvalue weighted by Crippen LogP contribution is 2.51. The second-order valence-corrected chi connectivity index (χ2v) is 8.83. The van der Waals surface area contributed by atoms with E-state index in [9.17, 15) is 4.79 Å². The molecule has 1 heterocycles. The number of amides is 1. The number of benzene rings is 3. The van der Waals surface area contributed by atoms with Crippen LogP contribution in [0.1, 0.15) is 28.3 Å². The molecule has 1 N–H and O–H groups in total. The predicted molar refractivity (Wildman–Crippen MR) is 119 cm³/mol. The van der Waals surface area contributed by atoms with Gasteiger partial charge in [0.2, 0.25) is 0 Å². The van der Waals surface area contributed by atoms with Crippen molar-refractivity contribution < 1.29 is 4.79 Å². The highest BCUT2D eigenvalue weighted by molar-refractivity contribution is 6.31. The van der Waals surface area contributed by atoms with Gasteiger partial charge in [-0.1, -0.05) is 54.1 Å². The third kappa shape index (κ3) is 3.77. The van der Waals surface area contributed by atoms with Crippen molar-refractivity contribution in [2.24, 2.45) is 11.8 Å². The van der Waals surface area contributed by atoms with E-state index in [0.29, 0.717) is 12.5 Å². The average molecular weight is 405 g/mol. The van der Waals surface area contributed by atoms with Gasteiger partial charge >= 0.3 is 0 Å². The quantitative estimate of drug-likeness (QED) is 0.651. The molecule has 3 aromatic rings. The number of hydrogen-bond acceptors (Lipinski definition) is 2. The van der Waals surface area contributed by atoms with Crippen LogP contribution in [0.5, 0.6) is 0 Å². The van der Waals surface area contributed by atoms with Gasteiger partial charge in [0.15, 0.2) is 0 Å². The largest absolute Gasteiger partial charge is 0.351 e. The van der Waals surface area contributed by atoms with Gasteiger partial charge < -0.3 is 10.2 Å². The summed E-state index contributed by atoms with van der Waals surface area (Å²) in [4.78, 5) is 14.7. The molecule has 0 aromatic heterocycles. The zero-order valence-electron chi connectivity index (χ0n) is 16.4. The van der Waals surface area contributed by atoms with Crippen LogP contribution in [0.3, 0.4) is 0 Å². The first-order chi connectivity index (χ1) is 14.2. The number of rotatable bonds is 5. The topological polar surface area (TPSA) is 32.3 Å². The lowest BCUT2D eigenvalue weighted by atomic mass is 9.64. The lowest BCUT2D eigenvalue weighted by molar-refractivity contribution is 0.0949. The Labute approximate surface area is 176 Å². The molecule has 1 saturated heterocycles. The van der Waals surface area contributed by atoms with Crippen molar-refractivity contribution in [2.45, 2.75) is 12.3 Å². The van der Waals surface area contributed by atoms with E-state index in [4.69, 9.17) is 11.6 Å². The summed E-state index contributed by atoms with van der Waals surface area (Å²) in [5.74, 6) is 2.21. The molecular formula is C25H25ClN2O. The standard InChI is InChI=1S/C25H25ClN2O/c26-22-9-8-18-12-20(7-6-19(18)13-22)23-14-21-15-28(16-24(21)23)11-10-27-25(29)17-4-2-1-3-5-17/h1-9,12-13,21,23-24H,10-11,14-16H2,(H,27,29). The van der Waals surface area contributed by atoms with Crippen LogP contribution >= 0.6 is 11.6 Å². The maximum absolute atomic E-state index is 12.2. The van der Waals surface area contributed by atoms with Crippen molar-refractivity contribution in [1.29, 1.82) is 0 Å². The van der Waals surface area contributed by atoms with Crippen molar-refractivity contribution in [3.63, 3.8) is 0 Å². The Kier molecular flexibility index (Phi) is 5.03. The molecule has 5 rings (SSSR count). The third-order valence-corrected chi connectivity index (χ3v) is 6.88. The SMILES string of the molecule is O=C(NCCN1CC2CC(c3ccc4cc(Cl)ccc4c3)C2C1)c1ccccc1. The third-order valence-electron chi connectivity index (χ3n) is 6.64. The van der Waals surface area contributed by atoms with Crippen LogP contribution in [-0.2, 0) is 0 Å². The van der Waals surface area contributed by atoms with E-state index in [0.717, 1.165) is 42.1 Å². The van der Waals surface area contributed by atoms with Crippen LogP contribution in [0.2, 0.25) is 5.02 Å². The predicted octanol–water partition coefficient (Wildman–Crippen LogP) is 4.96. The van der Waals surface area contributed by atoms with Crippen molar-refractivity contribution in [2.75, 3.05) is 26.2 Å². The molecule has 0 radical (unpaired) electrons. The van der Waals surface area contributed by atoms with Gasteiger partial charge in [-0.15, -0.1) is 0 Å². The van der Waals surface area contributed by atoms with Crippen LogP contribution in [0, 0.1) is 11.8 Å². The lowest BCUT2D eigenvalue weighted by Gasteiger charge is -2.40. The van der Waals surface area contributed by atoms with E-state index in [-0.39, 0.29) is 5.91 Å². The summed E-state index contributed by atoms with van der Waals surface area (Å²) in [6.45, 7) is 3.92. The fourth-order valence-electron chi connectivity index (χ4n) is 5.05. The maximum atomic E-state index is 12.2. The Hall–Kier alpha value is -2.36.